The molecule has 0 saturated carbocycles. The molecule has 0 fully saturated rings. The molecular formula is C14H28Cl3NOSi. The minimum Gasteiger partial charge on any atom is -0.378 e. The Balaban J connectivity index is 4.97. The predicted molar refractivity (Wildman–Crippen MR) is 93.3 cm³/mol. The highest BCUT2D eigenvalue weighted by atomic mass is 35.6. The van der Waals surface area contributed by atoms with Gasteiger partial charge in [-0.1, -0.05) is 94.1 Å². The average Bonchev–Trinajstić information content (AvgIpc) is 2.39. The van der Waals surface area contributed by atoms with Gasteiger partial charge in [0.1, 0.15) is 0 Å². The molecule has 0 aliphatic heterocycles. The lowest BCUT2D eigenvalue weighted by Gasteiger charge is -2.34. The van der Waals surface area contributed by atoms with E-state index in [4.69, 9.17) is 34.8 Å². The molecule has 0 aliphatic carbocycles. The number of halogens is 3. The van der Waals surface area contributed by atoms with Gasteiger partial charge in [0.25, 0.3) is 9.70 Å². The molecule has 1 amide bonds. The van der Waals surface area contributed by atoms with Crippen molar-refractivity contribution >= 4 is 48.9 Å². The molecule has 0 bridgehead atoms. The summed E-state index contributed by atoms with van der Waals surface area (Å²) in [6.07, 6.45) is 6.82. The van der Waals surface area contributed by atoms with Gasteiger partial charge in [-0.15, -0.1) is 0 Å². The quantitative estimate of drug-likeness (QED) is 0.386. The number of hydrogen-bond acceptors (Lipinski definition) is 1. The van der Waals surface area contributed by atoms with Gasteiger partial charge in [-0.3, -0.25) is 4.79 Å². The van der Waals surface area contributed by atoms with E-state index in [2.05, 4.69) is 25.8 Å². The van der Waals surface area contributed by atoms with E-state index in [9.17, 15) is 4.79 Å². The summed E-state index contributed by atoms with van der Waals surface area (Å²) in [7, 11) is -1.88. The molecule has 1 N–H and O–H groups in total. The summed E-state index contributed by atoms with van der Waals surface area (Å²) in [6.45, 7) is 6.53. The molecule has 0 atom stereocenters. The van der Waals surface area contributed by atoms with Crippen molar-refractivity contribution < 1.29 is 4.79 Å². The number of rotatable bonds is 10. The van der Waals surface area contributed by atoms with Crippen molar-refractivity contribution in [1.29, 1.82) is 0 Å². The first-order valence-electron chi connectivity index (χ1n) is 7.70. The van der Waals surface area contributed by atoms with Crippen LogP contribution < -0.4 is 4.98 Å². The van der Waals surface area contributed by atoms with Crippen LogP contribution in [0, 0.1) is 0 Å². The lowest BCUT2D eigenvalue weighted by Crippen LogP contribution is -2.56. The average molecular weight is 361 g/mol. The van der Waals surface area contributed by atoms with Gasteiger partial charge in [-0.2, -0.15) is 0 Å². The monoisotopic (exact) mass is 359 g/mol. The number of unbranched alkanes of at least 4 members (excludes halogenated alkanes) is 3. The smallest absolute Gasteiger partial charge is 0.268 e. The molecule has 20 heavy (non-hydrogen) atoms. The first kappa shape index (κ1) is 20.6. The normalized spacial score (nSPS) is 12.5. The van der Waals surface area contributed by atoms with Crippen LogP contribution in [-0.2, 0) is 4.79 Å². The van der Waals surface area contributed by atoms with Gasteiger partial charge >= 0.3 is 0 Å². The number of hydrogen-bond donors (Lipinski definition) is 1. The summed E-state index contributed by atoms with van der Waals surface area (Å²) in [5.41, 5.74) is 0. The Labute approximate surface area is 140 Å². The minimum absolute atomic E-state index is 0.433. The van der Waals surface area contributed by atoms with Crippen molar-refractivity contribution in [2.75, 3.05) is 0 Å². The molecule has 2 nitrogen and oxygen atoms in total. The summed E-state index contributed by atoms with van der Waals surface area (Å²) < 4.78 is -1.84. The summed E-state index contributed by atoms with van der Waals surface area (Å²) in [5.74, 6) is -0.433. The van der Waals surface area contributed by atoms with Crippen molar-refractivity contribution in [2.24, 2.45) is 0 Å². The highest BCUT2D eigenvalue weighted by molar-refractivity contribution is 6.83. The minimum atomic E-state index is -1.88. The van der Waals surface area contributed by atoms with Crippen molar-refractivity contribution in [3.63, 3.8) is 0 Å². The standard InChI is InChI=1S/C14H28Cl3NOSi/c1-4-7-10-20(11-8-5-2,12-9-6-3)18-13(19)14(15,16)17/h4-12H2,1-3H3,(H,18,19). The molecule has 0 aromatic heterocycles. The zero-order valence-corrected chi connectivity index (χ0v) is 16.2. The van der Waals surface area contributed by atoms with E-state index in [1.165, 1.54) is 0 Å². The van der Waals surface area contributed by atoms with Gasteiger partial charge in [0.15, 0.2) is 8.24 Å². The maximum absolute atomic E-state index is 12.1. The highest BCUT2D eigenvalue weighted by Gasteiger charge is 2.39. The van der Waals surface area contributed by atoms with Crippen LogP contribution in [0.4, 0.5) is 0 Å². The molecule has 0 rings (SSSR count). The lowest BCUT2D eigenvalue weighted by atomic mass is 10.4. The van der Waals surface area contributed by atoms with E-state index >= 15 is 0 Å². The molecule has 0 heterocycles. The summed E-state index contributed by atoms with van der Waals surface area (Å²) in [6, 6.07) is 3.28. The second-order valence-electron chi connectivity index (χ2n) is 5.54. The van der Waals surface area contributed by atoms with E-state index < -0.39 is 17.9 Å². The van der Waals surface area contributed by atoms with Gasteiger partial charge in [0.05, 0.1) is 0 Å². The van der Waals surface area contributed by atoms with Gasteiger partial charge in [-0.05, 0) is 18.1 Å². The fraction of sp³-hybridized carbons (Fsp3) is 0.929. The van der Waals surface area contributed by atoms with Crippen LogP contribution >= 0.6 is 34.8 Å². The van der Waals surface area contributed by atoms with Crippen LogP contribution in [0.15, 0.2) is 0 Å². The SMILES string of the molecule is CCCC[Si](CCCC)(CCCC)NC(=O)C(Cl)(Cl)Cl. The summed E-state index contributed by atoms with van der Waals surface area (Å²) in [5, 5.41) is 0. The first-order valence-corrected chi connectivity index (χ1v) is 11.5. The highest BCUT2D eigenvalue weighted by Crippen LogP contribution is 2.31. The van der Waals surface area contributed by atoms with Crippen molar-refractivity contribution in [2.45, 2.75) is 81.2 Å². The van der Waals surface area contributed by atoms with E-state index in [0.717, 1.165) is 56.7 Å². The van der Waals surface area contributed by atoms with E-state index in [1.54, 1.807) is 0 Å². The maximum atomic E-state index is 12.1. The lowest BCUT2D eigenvalue weighted by molar-refractivity contribution is -0.118. The van der Waals surface area contributed by atoms with Crippen molar-refractivity contribution in [3.8, 4) is 0 Å². The van der Waals surface area contributed by atoms with Crippen LogP contribution in [0.25, 0.3) is 0 Å². The van der Waals surface area contributed by atoms with Gasteiger partial charge in [-0.25, -0.2) is 0 Å². The number of carbonyl (C=O) groups is 1. The molecule has 120 valence electrons. The number of nitrogens with one attached hydrogen (secondary N) is 1. The molecule has 0 saturated heterocycles. The Hall–Kier alpha value is 0.557. The molecule has 0 radical (unpaired) electrons. The van der Waals surface area contributed by atoms with Gasteiger partial charge < -0.3 is 4.98 Å². The largest absolute Gasteiger partial charge is 0.378 e. The Kier molecular flexibility index (Phi) is 10.6. The van der Waals surface area contributed by atoms with E-state index in [1.807, 2.05) is 0 Å². The third-order valence-electron chi connectivity index (χ3n) is 3.66. The number of alkyl halides is 3. The molecule has 0 aliphatic rings. The third-order valence-corrected chi connectivity index (χ3v) is 8.87. The Morgan fingerprint density at radius 2 is 1.25 bits per heavy atom. The number of carbonyl (C=O) groups excluding carboxylic acids is 1. The van der Waals surface area contributed by atoms with Crippen LogP contribution in [0.5, 0.6) is 0 Å². The van der Waals surface area contributed by atoms with Gasteiger partial charge in [0.2, 0.25) is 0 Å². The van der Waals surface area contributed by atoms with Gasteiger partial charge in [0, 0.05) is 0 Å². The second-order valence-corrected chi connectivity index (χ2v) is 12.1. The molecular weight excluding hydrogens is 333 g/mol. The summed E-state index contributed by atoms with van der Waals surface area (Å²) in [4.78, 5) is 15.3. The maximum Gasteiger partial charge on any atom is 0.268 e. The van der Waals surface area contributed by atoms with Crippen LogP contribution in [0.2, 0.25) is 18.1 Å². The Morgan fingerprint density at radius 3 is 1.50 bits per heavy atom. The molecule has 6 heteroatoms. The summed E-state index contributed by atoms with van der Waals surface area (Å²) >= 11 is 17.2. The van der Waals surface area contributed by atoms with E-state index in [0.29, 0.717) is 0 Å². The van der Waals surface area contributed by atoms with Crippen LogP contribution in [0.1, 0.15) is 59.3 Å². The van der Waals surface area contributed by atoms with E-state index in [-0.39, 0.29) is 0 Å². The molecule has 0 unspecified atom stereocenters. The zero-order chi connectivity index (χ0) is 15.6. The van der Waals surface area contributed by atoms with Crippen LogP contribution in [-0.4, -0.2) is 17.9 Å². The number of amides is 1. The second kappa shape index (κ2) is 10.3. The Bertz CT molecular complexity index is 260. The van der Waals surface area contributed by atoms with Crippen molar-refractivity contribution in [3.05, 3.63) is 0 Å². The molecule has 0 aromatic rings. The van der Waals surface area contributed by atoms with Crippen molar-refractivity contribution in [1.82, 2.24) is 4.98 Å². The fourth-order valence-electron chi connectivity index (χ4n) is 2.42. The first-order chi connectivity index (χ1) is 9.31. The van der Waals surface area contributed by atoms with Crippen LogP contribution in [0.3, 0.4) is 0 Å². The predicted octanol–water partition coefficient (Wildman–Crippen LogP) is 5.82. The third kappa shape index (κ3) is 8.11. The Morgan fingerprint density at radius 1 is 0.900 bits per heavy atom. The fourth-order valence-corrected chi connectivity index (χ4v) is 7.68. The zero-order valence-electron chi connectivity index (χ0n) is 12.9. The molecule has 0 spiro atoms. The topological polar surface area (TPSA) is 29.1 Å². The molecule has 0 aromatic carbocycles.